The van der Waals surface area contributed by atoms with E-state index in [2.05, 4.69) is 20.5 Å². The molecule has 1 atom stereocenters. The van der Waals surface area contributed by atoms with Gasteiger partial charge in [0.2, 0.25) is 5.88 Å². The predicted octanol–water partition coefficient (Wildman–Crippen LogP) is 1.94. The lowest BCUT2D eigenvalue weighted by Gasteiger charge is -2.34. The Balaban J connectivity index is 1.64. The van der Waals surface area contributed by atoms with Gasteiger partial charge in [-0.05, 0) is 30.9 Å². The van der Waals surface area contributed by atoms with Crippen molar-refractivity contribution in [3.05, 3.63) is 36.8 Å². The zero-order valence-corrected chi connectivity index (χ0v) is 16.7. The normalized spacial score (nSPS) is 16.3. The molecule has 11 heteroatoms. The van der Waals surface area contributed by atoms with Gasteiger partial charge in [-0.1, -0.05) is 0 Å². The molecule has 1 unspecified atom stereocenters. The number of nitrogens with zero attached hydrogens (tertiary/aromatic N) is 4. The fourth-order valence-corrected chi connectivity index (χ4v) is 5.09. The van der Waals surface area contributed by atoms with Crippen LogP contribution in [0.5, 0.6) is 5.88 Å². The highest BCUT2D eigenvalue weighted by Gasteiger charge is 2.37. The Morgan fingerprint density at radius 3 is 2.59 bits per heavy atom. The fourth-order valence-electron chi connectivity index (χ4n) is 3.33. The number of aromatic nitrogens is 3. The van der Waals surface area contributed by atoms with E-state index in [0.29, 0.717) is 31.6 Å². The van der Waals surface area contributed by atoms with Gasteiger partial charge in [-0.3, -0.25) is 0 Å². The number of alkyl halides is 1. The molecule has 1 N–H and O–H groups in total. The van der Waals surface area contributed by atoms with Crippen LogP contribution in [0.1, 0.15) is 12.8 Å². The SMILES string of the molecule is COc1ccc(S(=O)(=O)C(CF)C2CCN(C(=O)Nc3ccnnc3)CC2)cn1. The zero-order valence-electron chi connectivity index (χ0n) is 15.9. The molecular weight excluding hydrogens is 401 g/mol. The highest BCUT2D eigenvalue weighted by Crippen LogP contribution is 2.30. The van der Waals surface area contributed by atoms with Crippen LogP contribution in [-0.4, -0.2) is 66.7 Å². The first-order valence-electron chi connectivity index (χ1n) is 9.08. The molecule has 2 amide bonds. The van der Waals surface area contributed by atoms with E-state index in [1.165, 1.54) is 37.8 Å². The Kier molecular flexibility index (Phi) is 6.57. The Bertz CT molecular complexity index is 919. The molecule has 0 saturated carbocycles. The van der Waals surface area contributed by atoms with E-state index in [1.807, 2.05) is 0 Å². The van der Waals surface area contributed by atoms with E-state index in [-0.39, 0.29) is 16.8 Å². The first-order chi connectivity index (χ1) is 14.0. The third-order valence-corrected chi connectivity index (χ3v) is 7.19. The number of methoxy groups -OCH3 is 1. The number of rotatable bonds is 6. The number of likely N-dealkylation sites (tertiary alicyclic amines) is 1. The molecule has 1 fully saturated rings. The fraction of sp³-hybridized carbons (Fsp3) is 0.444. The van der Waals surface area contributed by atoms with Crippen LogP contribution < -0.4 is 10.1 Å². The maximum atomic E-state index is 13.8. The molecule has 1 aliphatic rings. The number of carbonyl (C=O) groups is 1. The molecule has 29 heavy (non-hydrogen) atoms. The van der Waals surface area contributed by atoms with Crippen LogP contribution >= 0.6 is 0 Å². The lowest BCUT2D eigenvalue weighted by atomic mass is 9.94. The first kappa shape index (κ1) is 20.9. The minimum atomic E-state index is -3.89. The number of sulfone groups is 1. The van der Waals surface area contributed by atoms with Crippen molar-refractivity contribution in [2.45, 2.75) is 23.0 Å². The predicted molar refractivity (Wildman–Crippen MR) is 103 cm³/mol. The zero-order chi connectivity index (χ0) is 20.9. The second kappa shape index (κ2) is 9.12. The maximum Gasteiger partial charge on any atom is 0.321 e. The Morgan fingerprint density at radius 2 is 2.03 bits per heavy atom. The van der Waals surface area contributed by atoms with Crippen molar-refractivity contribution >= 4 is 21.6 Å². The third-order valence-electron chi connectivity index (χ3n) is 4.99. The largest absolute Gasteiger partial charge is 0.481 e. The molecule has 0 radical (unpaired) electrons. The quantitative estimate of drug-likeness (QED) is 0.755. The number of anilines is 1. The van der Waals surface area contributed by atoms with Crippen LogP contribution in [0.2, 0.25) is 0 Å². The van der Waals surface area contributed by atoms with Crippen molar-refractivity contribution < 1.29 is 22.3 Å². The summed E-state index contributed by atoms with van der Waals surface area (Å²) in [6.07, 6.45) is 4.85. The smallest absolute Gasteiger partial charge is 0.321 e. The van der Waals surface area contributed by atoms with Gasteiger partial charge in [-0.25, -0.2) is 22.6 Å². The average Bonchev–Trinajstić information content (AvgIpc) is 2.75. The van der Waals surface area contributed by atoms with Crippen molar-refractivity contribution in [1.82, 2.24) is 20.1 Å². The Hall–Kier alpha value is -2.82. The summed E-state index contributed by atoms with van der Waals surface area (Å²) in [4.78, 5) is 17.8. The number of amides is 2. The molecule has 2 aromatic rings. The van der Waals surface area contributed by atoms with Gasteiger partial charge >= 0.3 is 6.03 Å². The molecule has 0 bridgehead atoms. The number of pyridine rings is 1. The summed E-state index contributed by atoms with van der Waals surface area (Å²) in [6.45, 7) is -0.322. The van der Waals surface area contributed by atoms with Crippen molar-refractivity contribution in [1.29, 1.82) is 0 Å². The molecule has 0 aromatic carbocycles. The van der Waals surface area contributed by atoms with Crippen molar-refractivity contribution in [2.24, 2.45) is 5.92 Å². The number of hydrogen-bond acceptors (Lipinski definition) is 7. The molecule has 1 saturated heterocycles. The van der Waals surface area contributed by atoms with Crippen LogP contribution in [0.3, 0.4) is 0 Å². The molecule has 3 heterocycles. The second-order valence-corrected chi connectivity index (χ2v) is 8.83. The van der Waals surface area contributed by atoms with E-state index in [0.717, 1.165) is 0 Å². The third kappa shape index (κ3) is 4.78. The van der Waals surface area contributed by atoms with Crippen LogP contribution in [0, 0.1) is 5.92 Å². The van der Waals surface area contributed by atoms with E-state index < -0.39 is 27.7 Å². The van der Waals surface area contributed by atoms with Crippen LogP contribution in [0.25, 0.3) is 0 Å². The van der Waals surface area contributed by atoms with Crippen molar-refractivity contribution in [3.8, 4) is 5.88 Å². The van der Waals surface area contributed by atoms with Gasteiger partial charge < -0.3 is 15.0 Å². The summed E-state index contributed by atoms with van der Waals surface area (Å²) in [5, 5.41) is 8.87. The topological polar surface area (TPSA) is 114 Å². The highest BCUT2D eigenvalue weighted by atomic mass is 32.2. The van der Waals surface area contributed by atoms with E-state index >= 15 is 0 Å². The lowest BCUT2D eigenvalue weighted by Crippen LogP contribution is -2.45. The van der Waals surface area contributed by atoms with Crippen LogP contribution in [0.15, 0.2) is 41.7 Å². The van der Waals surface area contributed by atoms with Gasteiger partial charge in [0.1, 0.15) is 6.67 Å². The first-order valence-corrected chi connectivity index (χ1v) is 10.6. The molecular formula is C18H22FN5O4S. The number of halogens is 1. The second-order valence-electron chi connectivity index (χ2n) is 6.66. The Labute approximate surface area is 168 Å². The minimum Gasteiger partial charge on any atom is -0.481 e. The summed E-state index contributed by atoms with van der Waals surface area (Å²) < 4.78 is 44.5. The summed E-state index contributed by atoms with van der Waals surface area (Å²) >= 11 is 0. The van der Waals surface area contributed by atoms with Gasteiger partial charge in [0, 0.05) is 25.4 Å². The number of hydrogen-bond donors (Lipinski definition) is 1. The molecule has 0 aliphatic carbocycles. The van der Waals surface area contributed by atoms with Crippen LogP contribution in [-0.2, 0) is 9.84 Å². The monoisotopic (exact) mass is 423 g/mol. The number of ether oxygens (including phenoxy) is 1. The molecule has 1 aliphatic heterocycles. The van der Waals surface area contributed by atoms with Gasteiger partial charge in [0.15, 0.2) is 9.84 Å². The number of carbonyl (C=O) groups excluding carboxylic acids is 1. The van der Waals surface area contributed by atoms with Gasteiger partial charge in [0.05, 0.1) is 35.3 Å². The van der Waals surface area contributed by atoms with Gasteiger partial charge in [-0.15, -0.1) is 0 Å². The molecule has 156 valence electrons. The van der Waals surface area contributed by atoms with E-state index in [9.17, 15) is 17.6 Å². The minimum absolute atomic E-state index is 0.0358. The number of piperidine rings is 1. The highest BCUT2D eigenvalue weighted by molar-refractivity contribution is 7.92. The lowest BCUT2D eigenvalue weighted by molar-refractivity contribution is 0.177. The summed E-state index contributed by atoms with van der Waals surface area (Å²) in [6, 6.07) is 4.11. The molecule has 3 rings (SSSR count). The van der Waals surface area contributed by atoms with E-state index in [1.54, 1.807) is 11.0 Å². The maximum absolute atomic E-state index is 13.8. The number of nitrogens with one attached hydrogen (secondary N) is 1. The number of urea groups is 1. The molecule has 9 nitrogen and oxygen atoms in total. The summed E-state index contributed by atoms with van der Waals surface area (Å²) in [5.74, 6) is -0.108. The van der Waals surface area contributed by atoms with Gasteiger partial charge in [-0.2, -0.15) is 10.2 Å². The molecule has 0 spiro atoms. The standard InChI is InChI=1S/C18H22FN5O4S/c1-28-17-3-2-15(12-20-17)29(26,27)16(10-19)13-5-8-24(9-6-13)18(25)23-14-4-7-21-22-11-14/h2-4,7,11-13,16H,5-6,8-10H2,1H3,(H,21,23,25). The van der Waals surface area contributed by atoms with Gasteiger partial charge in [0.25, 0.3) is 0 Å². The van der Waals surface area contributed by atoms with Crippen LogP contribution in [0.4, 0.5) is 14.9 Å². The van der Waals surface area contributed by atoms with Crippen molar-refractivity contribution in [2.75, 3.05) is 32.2 Å². The summed E-state index contributed by atoms with van der Waals surface area (Å²) in [5.41, 5.74) is 0.517. The van der Waals surface area contributed by atoms with Crippen molar-refractivity contribution in [3.63, 3.8) is 0 Å². The summed E-state index contributed by atoms with van der Waals surface area (Å²) in [7, 11) is -2.46. The molecule has 2 aromatic heterocycles. The average molecular weight is 423 g/mol. The van der Waals surface area contributed by atoms with E-state index in [4.69, 9.17) is 4.74 Å². The Morgan fingerprint density at radius 1 is 1.28 bits per heavy atom.